The number of phenolic OH excluding ortho intramolecular Hbond substituents is 2. The Balaban J connectivity index is 1.61. The maximum atomic E-state index is 12.8. The molecular formula is C22H26N2O7S. The first kappa shape index (κ1) is 23.6. The fourth-order valence-corrected chi connectivity index (χ4v) is 5.23. The van der Waals surface area contributed by atoms with Crippen molar-refractivity contribution < 1.29 is 33.3 Å². The molecule has 0 atom stereocenters. The van der Waals surface area contributed by atoms with Crippen LogP contribution in [0.3, 0.4) is 0 Å². The molecule has 10 heteroatoms. The Morgan fingerprint density at radius 2 is 1.72 bits per heavy atom. The molecule has 0 unspecified atom stereocenters. The summed E-state index contributed by atoms with van der Waals surface area (Å²) in [5.74, 6) is -1.48. The van der Waals surface area contributed by atoms with E-state index in [1.807, 2.05) is 0 Å². The number of phenols is 2. The molecule has 5 N–H and O–H groups in total. The summed E-state index contributed by atoms with van der Waals surface area (Å²) < 4.78 is 28.4. The van der Waals surface area contributed by atoms with Gasteiger partial charge >= 0.3 is 5.97 Å². The minimum absolute atomic E-state index is 0.00880. The van der Waals surface area contributed by atoms with Crippen molar-refractivity contribution in [3.8, 4) is 11.5 Å². The lowest BCUT2D eigenvalue weighted by Gasteiger charge is -2.29. The van der Waals surface area contributed by atoms with Gasteiger partial charge in [0.1, 0.15) is 11.5 Å². The molecule has 9 nitrogen and oxygen atoms in total. The lowest BCUT2D eigenvalue weighted by Crippen LogP contribution is -2.37. The highest BCUT2D eigenvalue weighted by Gasteiger charge is 2.28. The SMILES string of the molecule is O=C(O)CCNC(=O)c1cccc(S(=O)(=O)N[C@H]2CC[C@@H](c3ccc(O)cc3O)CC2)c1. The van der Waals surface area contributed by atoms with Gasteiger partial charge in [0.15, 0.2) is 0 Å². The number of carbonyl (C=O) groups excluding carboxylic acids is 1. The predicted molar refractivity (Wildman–Crippen MR) is 116 cm³/mol. The van der Waals surface area contributed by atoms with E-state index in [9.17, 15) is 28.2 Å². The Hall–Kier alpha value is -3.11. The van der Waals surface area contributed by atoms with Gasteiger partial charge in [-0.15, -0.1) is 0 Å². The monoisotopic (exact) mass is 462 g/mol. The van der Waals surface area contributed by atoms with Crippen molar-refractivity contribution in [1.82, 2.24) is 10.0 Å². The molecule has 0 bridgehead atoms. The van der Waals surface area contributed by atoms with Gasteiger partial charge in [-0.1, -0.05) is 12.1 Å². The van der Waals surface area contributed by atoms with Gasteiger partial charge in [-0.05, 0) is 61.4 Å². The number of nitrogens with one attached hydrogen (secondary N) is 2. The highest BCUT2D eigenvalue weighted by Crippen LogP contribution is 2.38. The summed E-state index contributed by atoms with van der Waals surface area (Å²) in [5, 5.41) is 30.6. The standard InChI is InChI=1S/C22H26N2O7S/c25-17-8-9-19(20(26)13-17)14-4-6-16(7-5-14)24-32(30,31)18-3-1-2-15(12-18)22(29)23-11-10-21(27)28/h1-3,8-9,12-14,16,24-26H,4-7,10-11H2,(H,23,29)(H,27,28)/t14-,16+. The molecule has 1 amide bonds. The predicted octanol–water partition coefficient (Wildman–Crippen LogP) is 2.31. The van der Waals surface area contributed by atoms with Crippen LogP contribution in [-0.4, -0.2) is 48.2 Å². The molecule has 2 aromatic carbocycles. The summed E-state index contributed by atoms with van der Waals surface area (Å²) in [4.78, 5) is 22.7. The molecule has 3 rings (SSSR count). The number of amides is 1. The van der Waals surface area contributed by atoms with Gasteiger partial charge < -0.3 is 20.6 Å². The van der Waals surface area contributed by atoms with E-state index in [-0.39, 0.29) is 46.9 Å². The minimum atomic E-state index is -3.85. The zero-order valence-electron chi connectivity index (χ0n) is 17.3. The first-order chi connectivity index (χ1) is 15.2. The summed E-state index contributed by atoms with van der Waals surface area (Å²) in [6, 6.07) is 9.82. The molecule has 0 heterocycles. The molecule has 0 saturated heterocycles. The molecule has 172 valence electrons. The smallest absolute Gasteiger partial charge is 0.305 e. The van der Waals surface area contributed by atoms with Crippen LogP contribution in [0.25, 0.3) is 0 Å². The molecule has 0 radical (unpaired) electrons. The normalized spacial score (nSPS) is 18.8. The number of rotatable bonds is 8. The van der Waals surface area contributed by atoms with Crippen molar-refractivity contribution in [3.63, 3.8) is 0 Å². The molecular weight excluding hydrogens is 436 g/mol. The van der Waals surface area contributed by atoms with Gasteiger partial charge in [-0.25, -0.2) is 13.1 Å². The van der Waals surface area contributed by atoms with Crippen LogP contribution in [0.2, 0.25) is 0 Å². The van der Waals surface area contributed by atoms with E-state index in [1.165, 1.54) is 36.4 Å². The van der Waals surface area contributed by atoms with Gasteiger partial charge in [0.25, 0.3) is 5.91 Å². The first-order valence-electron chi connectivity index (χ1n) is 10.3. The zero-order chi connectivity index (χ0) is 23.3. The van der Waals surface area contributed by atoms with Crippen LogP contribution in [0.5, 0.6) is 11.5 Å². The number of hydrogen-bond donors (Lipinski definition) is 5. The van der Waals surface area contributed by atoms with Crippen LogP contribution in [0, 0.1) is 0 Å². The van der Waals surface area contributed by atoms with E-state index in [1.54, 1.807) is 6.07 Å². The van der Waals surface area contributed by atoms with E-state index in [4.69, 9.17) is 5.11 Å². The average molecular weight is 463 g/mol. The third-order valence-corrected chi connectivity index (χ3v) is 7.05. The van der Waals surface area contributed by atoms with Crippen molar-refractivity contribution in [1.29, 1.82) is 0 Å². The fraction of sp³-hybridized carbons (Fsp3) is 0.364. The zero-order valence-corrected chi connectivity index (χ0v) is 18.1. The van der Waals surface area contributed by atoms with E-state index in [2.05, 4.69) is 10.0 Å². The number of carboxylic acids is 1. The topological polar surface area (TPSA) is 153 Å². The Labute approximate surface area is 186 Å². The quantitative estimate of drug-likeness (QED) is 0.403. The number of hydrogen-bond acceptors (Lipinski definition) is 6. The summed E-state index contributed by atoms with van der Waals surface area (Å²) in [5.41, 5.74) is 0.871. The number of aliphatic carboxylic acids is 1. The number of sulfonamides is 1. The molecule has 0 spiro atoms. The summed E-state index contributed by atoms with van der Waals surface area (Å²) >= 11 is 0. The average Bonchev–Trinajstić information content (AvgIpc) is 2.74. The Morgan fingerprint density at radius 3 is 2.38 bits per heavy atom. The number of aromatic hydroxyl groups is 2. The molecule has 2 aromatic rings. The van der Waals surface area contributed by atoms with Gasteiger partial charge in [0.2, 0.25) is 10.0 Å². The third kappa shape index (κ3) is 5.98. The number of carboxylic acid groups (broad SMARTS) is 1. The molecule has 0 aromatic heterocycles. The van der Waals surface area contributed by atoms with Crippen LogP contribution < -0.4 is 10.0 Å². The van der Waals surface area contributed by atoms with Crippen molar-refractivity contribution in [2.75, 3.05) is 6.54 Å². The molecule has 1 fully saturated rings. The van der Waals surface area contributed by atoms with Gasteiger partial charge in [-0.3, -0.25) is 9.59 Å². The second-order valence-electron chi connectivity index (χ2n) is 7.84. The molecule has 32 heavy (non-hydrogen) atoms. The summed E-state index contributed by atoms with van der Waals surface area (Å²) in [6.45, 7) is -0.0524. The molecule has 1 saturated carbocycles. The van der Waals surface area contributed by atoms with Crippen molar-refractivity contribution in [3.05, 3.63) is 53.6 Å². The van der Waals surface area contributed by atoms with Gasteiger partial charge in [-0.2, -0.15) is 0 Å². The second-order valence-corrected chi connectivity index (χ2v) is 9.55. The fourth-order valence-electron chi connectivity index (χ4n) is 3.88. The Bertz CT molecular complexity index is 1090. The van der Waals surface area contributed by atoms with Crippen molar-refractivity contribution in [2.24, 2.45) is 0 Å². The second kappa shape index (κ2) is 10.0. The van der Waals surface area contributed by atoms with Crippen LogP contribution >= 0.6 is 0 Å². The van der Waals surface area contributed by atoms with Crippen LogP contribution in [0.4, 0.5) is 0 Å². The Kier molecular flexibility index (Phi) is 7.37. The van der Waals surface area contributed by atoms with Crippen LogP contribution in [0.1, 0.15) is 53.9 Å². The Morgan fingerprint density at radius 1 is 1.00 bits per heavy atom. The van der Waals surface area contributed by atoms with E-state index in [0.717, 1.165) is 5.56 Å². The van der Waals surface area contributed by atoms with Crippen molar-refractivity contribution >= 4 is 21.9 Å². The maximum absolute atomic E-state index is 12.8. The summed E-state index contributed by atoms with van der Waals surface area (Å²) in [7, 11) is -3.85. The molecule has 1 aliphatic rings. The maximum Gasteiger partial charge on any atom is 0.305 e. The molecule has 0 aliphatic heterocycles. The largest absolute Gasteiger partial charge is 0.508 e. The first-order valence-corrected chi connectivity index (χ1v) is 11.8. The minimum Gasteiger partial charge on any atom is -0.508 e. The van der Waals surface area contributed by atoms with E-state index >= 15 is 0 Å². The van der Waals surface area contributed by atoms with E-state index < -0.39 is 21.9 Å². The van der Waals surface area contributed by atoms with Gasteiger partial charge in [0.05, 0.1) is 11.3 Å². The van der Waals surface area contributed by atoms with Crippen LogP contribution in [-0.2, 0) is 14.8 Å². The highest BCUT2D eigenvalue weighted by molar-refractivity contribution is 7.89. The lowest BCUT2D eigenvalue weighted by molar-refractivity contribution is -0.136. The van der Waals surface area contributed by atoms with Crippen LogP contribution in [0.15, 0.2) is 47.4 Å². The van der Waals surface area contributed by atoms with Gasteiger partial charge in [0, 0.05) is 24.2 Å². The van der Waals surface area contributed by atoms with E-state index in [0.29, 0.717) is 25.7 Å². The summed E-state index contributed by atoms with van der Waals surface area (Å²) in [6.07, 6.45) is 2.30. The highest BCUT2D eigenvalue weighted by atomic mass is 32.2. The molecule has 1 aliphatic carbocycles. The lowest BCUT2D eigenvalue weighted by atomic mass is 9.81. The third-order valence-electron chi connectivity index (χ3n) is 5.53. The van der Waals surface area contributed by atoms with Crippen molar-refractivity contribution in [2.45, 2.75) is 49.0 Å². The number of carbonyl (C=O) groups is 2. The number of benzene rings is 2.